The third kappa shape index (κ3) is 2.34. The predicted molar refractivity (Wildman–Crippen MR) is 80.0 cm³/mol. The molecule has 5 nitrogen and oxygen atoms in total. The molecule has 0 bridgehead atoms. The fourth-order valence-electron chi connectivity index (χ4n) is 2.80. The molecule has 0 aliphatic carbocycles. The fraction of sp³-hybridized carbons (Fsp3) is 0.429. The number of piperazine rings is 1. The van der Waals surface area contributed by atoms with E-state index in [1.54, 1.807) is 18.2 Å². The van der Waals surface area contributed by atoms with E-state index < -0.39 is 9.84 Å². The summed E-state index contributed by atoms with van der Waals surface area (Å²) in [6.45, 7) is 4.58. The summed E-state index contributed by atoms with van der Waals surface area (Å²) in [4.78, 5) is 4.91. The number of fused-ring (bicyclic) bond motifs is 1. The first-order chi connectivity index (χ1) is 9.47. The minimum atomic E-state index is -3.32. The Kier molecular flexibility index (Phi) is 3.32. The lowest BCUT2D eigenvalue weighted by Crippen LogP contribution is -2.44. The minimum absolute atomic E-state index is 0.349. The molecule has 0 radical (unpaired) electrons. The topological polar surface area (TPSA) is 66.6 Å². The van der Waals surface area contributed by atoms with Crippen LogP contribution in [0.5, 0.6) is 0 Å². The molecular weight excluding hydrogens is 274 g/mol. The number of rotatable bonds is 2. The molecule has 0 atom stereocenters. The van der Waals surface area contributed by atoms with Crippen molar-refractivity contribution in [2.24, 2.45) is 0 Å². The van der Waals surface area contributed by atoms with Gasteiger partial charge in [-0.3, -0.25) is 4.90 Å². The monoisotopic (exact) mass is 293 g/mol. The first-order valence-electron chi connectivity index (χ1n) is 6.73. The van der Waals surface area contributed by atoms with E-state index in [0.717, 1.165) is 31.8 Å². The molecule has 2 heterocycles. The van der Waals surface area contributed by atoms with Crippen molar-refractivity contribution >= 4 is 21.1 Å². The van der Waals surface area contributed by atoms with Gasteiger partial charge in [-0.05, 0) is 24.8 Å². The summed E-state index contributed by atoms with van der Waals surface area (Å²) < 4.78 is 24.3. The summed E-state index contributed by atoms with van der Waals surface area (Å²) in [7, 11) is -1.22. The third-order valence-corrected chi connectivity index (χ3v) is 5.52. The highest BCUT2D eigenvalue weighted by Crippen LogP contribution is 2.37. The molecule has 0 spiro atoms. The Hall–Kier alpha value is -1.37. The molecule has 20 heavy (non-hydrogen) atoms. The first-order valence-corrected chi connectivity index (χ1v) is 8.27. The van der Waals surface area contributed by atoms with Crippen LogP contribution in [-0.2, 0) is 9.84 Å². The second-order valence-corrected chi connectivity index (χ2v) is 7.25. The predicted octanol–water partition coefficient (Wildman–Crippen LogP) is 0.644. The standard InChI is InChI=1S/C14H19N3O2S/c1-16-5-7-17(8-6-16)9-11-10-20(18,19)13-4-2-3-12(15)14(11)13/h2-4,10H,5-9,15H2,1H3. The van der Waals surface area contributed by atoms with Crippen molar-refractivity contribution < 1.29 is 8.42 Å². The second-order valence-electron chi connectivity index (χ2n) is 5.49. The van der Waals surface area contributed by atoms with Gasteiger partial charge < -0.3 is 10.6 Å². The number of anilines is 1. The Balaban J connectivity index is 1.89. The van der Waals surface area contributed by atoms with Crippen molar-refractivity contribution in [1.29, 1.82) is 0 Å². The molecule has 0 aromatic heterocycles. The Morgan fingerprint density at radius 1 is 1.20 bits per heavy atom. The van der Waals surface area contributed by atoms with Gasteiger partial charge in [0, 0.05) is 49.4 Å². The summed E-state index contributed by atoms with van der Waals surface area (Å²) in [6, 6.07) is 5.09. The highest BCUT2D eigenvalue weighted by Gasteiger charge is 2.29. The zero-order chi connectivity index (χ0) is 14.3. The summed E-state index contributed by atoms with van der Waals surface area (Å²) in [6.07, 6.45) is 0. The molecule has 0 unspecified atom stereocenters. The molecule has 2 aliphatic heterocycles. The van der Waals surface area contributed by atoms with Crippen LogP contribution in [0.25, 0.3) is 5.57 Å². The van der Waals surface area contributed by atoms with Crippen LogP contribution >= 0.6 is 0 Å². The zero-order valence-electron chi connectivity index (χ0n) is 11.5. The fourth-order valence-corrected chi connectivity index (χ4v) is 4.30. The van der Waals surface area contributed by atoms with Crippen molar-refractivity contribution in [2.45, 2.75) is 4.90 Å². The van der Waals surface area contributed by atoms with Crippen LogP contribution in [0.3, 0.4) is 0 Å². The second kappa shape index (κ2) is 4.87. The molecule has 1 saturated heterocycles. The molecular formula is C14H19N3O2S. The van der Waals surface area contributed by atoms with Crippen LogP contribution < -0.4 is 5.73 Å². The molecule has 6 heteroatoms. The van der Waals surface area contributed by atoms with Crippen LogP contribution in [0.15, 0.2) is 28.5 Å². The van der Waals surface area contributed by atoms with E-state index in [0.29, 0.717) is 22.7 Å². The summed E-state index contributed by atoms with van der Waals surface area (Å²) in [5.41, 5.74) is 8.05. The van der Waals surface area contributed by atoms with Gasteiger partial charge in [0.05, 0.1) is 4.90 Å². The van der Waals surface area contributed by atoms with Gasteiger partial charge in [0.15, 0.2) is 0 Å². The van der Waals surface area contributed by atoms with Crippen molar-refractivity contribution in [3.8, 4) is 0 Å². The number of hydrogen-bond donors (Lipinski definition) is 1. The van der Waals surface area contributed by atoms with Crippen molar-refractivity contribution in [3.05, 3.63) is 29.2 Å². The van der Waals surface area contributed by atoms with E-state index in [1.807, 2.05) is 0 Å². The van der Waals surface area contributed by atoms with Gasteiger partial charge in [0.2, 0.25) is 9.84 Å². The Bertz CT molecular complexity index is 659. The number of nitrogen functional groups attached to an aromatic ring is 1. The maximum atomic E-state index is 12.2. The van der Waals surface area contributed by atoms with E-state index in [-0.39, 0.29) is 0 Å². The number of sulfone groups is 1. The summed E-state index contributed by atoms with van der Waals surface area (Å²) in [5, 5.41) is 1.38. The number of nitrogens with zero attached hydrogens (tertiary/aromatic N) is 2. The number of nitrogens with two attached hydrogens (primary N) is 1. The van der Waals surface area contributed by atoms with Crippen molar-refractivity contribution in [2.75, 3.05) is 45.5 Å². The number of likely N-dealkylation sites (N-methyl/N-ethyl adjacent to an activating group) is 1. The van der Waals surface area contributed by atoms with Gasteiger partial charge in [-0.15, -0.1) is 0 Å². The quantitative estimate of drug-likeness (QED) is 0.811. The highest BCUT2D eigenvalue weighted by molar-refractivity contribution is 7.95. The Morgan fingerprint density at radius 2 is 1.90 bits per heavy atom. The van der Waals surface area contributed by atoms with Gasteiger partial charge in [-0.25, -0.2) is 8.42 Å². The molecule has 0 amide bonds. The van der Waals surface area contributed by atoms with Gasteiger partial charge in [0.1, 0.15) is 0 Å². The van der Waals surface area contributed by atoms with Crippen LogP contribution in [0.2, 0.25) is 0 Å². The van der Waals surface area contributed by atoms with Gasteiger partial charge in [-0.1, -0.05) is 6.07 Å². The molecule has 0 saturated carbocycles. The smallest absolute Gasteiger partial charge is 0.200 e. The molecule has 1 aromatic rings. The van der Waals surface area contributed by atoms with E-state index in [9.17, 15) is 8.42 Å². The Labute approximate surface area is 119 Å². The maximum Gasteiger partial charge on any atom is 0.200 e. The van der Waals surface area contributed by atoms with Gasteiger partial charge >= 0.3 is 0 Å². The molecule has 3 rings (SSSR count). The zero-order valence-corrected chi connectivity index (χ0v) is 12.4. The normalized spacial score (nSPS) is 22.6. The van der Waals surface area contributed by atoms with Crippen molar-refractivity contribution in [3.63, 3.8) is 0 Å². The summed E-state index contributed by atoms with van der Waals surface area (Å²) in [5.74, 6) is 0. The third-order valence-electron chi connectivity index (χ3n) is 3.97. The van der Waals surface area contributed by atoms with Crippen molar-refractivity contribution in [1.82, 2.24) is 9.80 Å². The molecule has 108 valence electrons. The summed E-state index contributed by atoms with van der Waals surface area (Å²) >= 11 is 0. The van der Waals surface area contributed by atoms with Crippen LogP contribution in [0, 0.1) is 0 Å². The Morgan fingerprint density at radius 3 is 2.60 bits per heavy atom. The number of hydrogen-bond acceptors (Lipinski definition) is 5. The molecule has 1 aromatic carbocycles. The molecule has 1 fully saturated rings. The maximum absolute atomic E-state index is 12.2. The van der Waals surface area contributed by atoms with Crippen LogP contribution in [0.4, 0.5) is 5.69 Å². The first kappa shape index (κ1) is 13.6. The molecule has 2 aliphatic rings. The lowest BCUT2D eigenvalue weighted by molar-refractivity contribution is 0.168. The molecule has 2 N–H and O–H groups in total. The van der Waals surface area contributed by atoms with E-state index >= 15 is 0 Å². The lowest BCUT2D eigenvalue weighted by atomic mass is 10.0. The van der Waals surface area contributed by atoms with E-state index in [4.69, 9.17) is 5.73 Å². The van der Waals surface area contributed by atoms with E-state index in [1.165, 1.54) is 5.41 Å². The van der Waals surface area contributed by atoms with Gasteiger partial charge in [0.25, 0.3) is 0 Å². The van der Waals surface area contributed by atoms with E-state index in [2.05, 4.69) is 16.8 Å². The van der Waals surface area contributed by atoms with Gasteiger partial charge in [-0.2, -0.15) is 0 Å². The number of benzene rings is 1. The lowest BCUT2D eigenvalue weighted by Gasteiger charge is -2.32. The highest BCUT2D eigenvalue weighted by atomic mass is 32.2. The average molecular weight is 293 g/mol. The average Bonchev–Trinajstić information content (AvgIpc) is 2.65. The van der Waals surface area contributed by atoms with Crippen LogP contribution in [0.1, 0.15) is 5.56 Å². The largest absolute Gasteiger partial charge is 0.398 e. The van der Waals surface area contributed by atoms with Crippen LogP contribution in [-0.4, -0.2) is 58.0 Å². The SMILES string of the molecule is CN1CCN(CC2=CS(=O)(=O)c3cccc(N)c32)CC1. The minimum Gasteiger partial charge on any atom is -0.398 e.